The summed E-state index contributed by atoms with van der Waals surface area (Å²) in [6.07, 6.45) is 8.02. The van der Waals surface area contributed by atoms with E-state index >= 15 is 0 Å². The number of fused-ring (bicyclic) bond motifs is 1. The first-order chi connectivity index (χ1) is 6.84. The molecule has 76 valence electrons. The summed E-state index contributed by atoms with van der Waals surface area (Å²) >= 11 is 0. The van der Waals surface area contributed by atoms with Gasteiger partial charge in [0.15, 0.2) is 0 Å². The molecule has 0 aromatic carbocycles. The first-order valence-electron chi connectivity index (χ1n) is 5.61. The minimum Gasteiger partial charge on any atom is -0.334 e. The van der Waals surface area contributed by atoms with Crippen LogP contribution in [0.2, 0.25) is 0 Å². The second-order valence-corrected chi connectivity index (χ2v) is 4.61. The molecule has 1 aromatic rings. The van der Waals surface area contributed by atoms with Crippen LogP contribution < -0.4 is 5.32 Å². The predicted molar refractivity (Wildman–Crippen MR) is 54.9 cm³/mol. The molecule has 1 N–H and O–H groups in total. The van der Waals surface area contributed by atoms with Crippen molar-refractivity contribution in [3.8, 4) is 0 Å². The number of rotatable bonds is 3. The van der Waals surface area contributed by atoms with Crippen molar-refractivity contribution in [3.05, 3.63) is 18.2 Å². The molecule has 3 nitrogen and oxygen atoms in total. The number of aryl methyl sites for hydroxylation is 1. The average Bonchev–Trinajstić information content (AvgIpc) is 2.81. The van der Waals surface area contributed by atoms with Gasteiger partial charge in [0, 0.05) is 25.0 Å². The largest absolute Gasteiger partial charge is 0.334 e. The van der Waals surface area contributed by atoms with Crippen molar-refractivity contribution in [2.24, 2.45) is 5.92 Å². The van der Waals surface area contributed by atoms with E-state index in [1.54, 1.807) is 0 Å². The van der Waals surface area contributed by atoms with Crippen LogP contribution in [0.1, 0.15) is 38.1 Å². The van der Waals surface area contributed by atoms with Gasteiger partial charge in [0.2, 0.25) is 0 Å². The van der Waals surface area contributed by atoms with Crippen LogP contribution in [0.15, 0.2) is 12.4 Å². The summed E-state index contributed by atoms with van der Waals surface area (Å²) in [5, 5.41) is 3.70. The molecule has 2 unspecified atom stereocenters. The van der Waals surface area contributed by atoms with Crippen molar-refractivity contribution in [1.82, 2.24) is 14.9 Å². The Labute approximate surface area is 84.5 Å². The Balaban J connectivity index is 1.69. The van der Waals surface area contributed by atoms with Gasteiger partial charge in [0.05, 0.1) is 6.04 Å². The predicted octanol–water partition coefficient (Wildman–Crippen LogP) is 1.72. The summed E-state index contributed by atoms with van der Waals surface area (Å²) in [4.78, 5) is 4.41. The minimum atomic E-state index is 0.501. The van der Waals surface area contributed by atoms with E-state index < -0.39 is 0 Å². The van der Waals surface area contributed by atoms with Crippen LogP contribution in [-0.4, -0.2) is 15.6 Å². The summed E-state index contributed by atoms with van der Waals surface area (Å²) in [5.74, 6) is 2.16. The maximum absolute atomic E-state index is 4.41. The van der Waals surface area contributed by atoms with Gasteiger partial charge in [-0.15, -0.1) is 0 Å². The molecule has 1 saturated carbocycles. The van der Waals surface area contributed by atoms with Gasteiger partial charge in [-0.2, -0.15) is 0 Å². The van der Waals surface area contributed by atoms with E-state index in [-0.39, 0.29) is 0 Å². The molecule has 0 spiro atoms. The van der Waals surface area contributed by atoms with Crippen molar-refractivity contribution in [3.63, 3.8) is 0 Å². The van der Waals surface area contributed by atoms with Crippen LogP contribution in [0.25, 0.3) is 0 Å². The Morgan fingerprint density at radius 1 is 1.50 bits per heavy atom. The standard InChI is InChI=1S/C11H17N3/c1-8(9-2-3-9)13-10-4-6-14-7-5-12-11(10)14/h5,7-10,13H,2-4,6H2,1H3. The topological polar surface area (TPSA) is 29.9 Å². The molecule has 1 aromatic heterocycles. The van der Waals surface area contributed by atoms with E-state index in [4.69, 9.17) is 0 Å². The molecule has 3 heteroatoms. The third-order valence-electron chi connectivity index (χ3n) is 3.51. The van der Waals surface area contributed by atoms with Crippen molar-refractivity contribution in [2.45, 2.75) is 44.8 Å². The molecular formula is C11H17N3. The van der Waals surface area contributed by atoms with E-state index in [0.717, 1.165) is 12.5 Å². The van der Waals surface area contributed by atoms with Crippen LogP contribution in [0.3, 0.4) is 0 Å². The zero-order chi connectivity index (χ0) is 9.54. The number of imidazole rings is 1. The van der Waals surface area contributed by atoms with Crippen LogP contribution in [0.4, 0.5) is 0 Å². The minimum absolute atomic E-state index is 0.501. The molecule has 1 aliphatic carbocycles. The smallest absolute Gasteiger partial charge is 0.125 e. The van der Waals surface area contributed by atoms with Crippen molar-refractivity contribution in [1.29, 1.82) is 0 Å². The highest BCUT2D eigenvalue weighted by Crippen LogP contribution is 2.34. The molecule has 1 fully saturated rings. The van der Waals surface area contributed by atoms with Crippen LogP contribution in [-0.2, 0) is 6.54 Å². The molecule has 0 amide bonds. The molecule has 3 rings (SSSR count). The van der Waals surface area contributed by atoms with E-state index in [0.29, 0.717) is 12.1 Å². The summed E-state index contributed by atoms with van der Waals surface area (Å²) in [6.45, 7) is 3.44. The van der Waals surface area contributed by atoms with Gasteiger partial charge in [-0.05, 0) is 32.1 Å². The SMILES string of the molecule is CC(NC1CCn2ccnc21)C1CC1. The fourth-order valence-corrected chi connectivity index (χ4v) is 2.42. The molecule has 2 aliphatic rings. The fourth-order valence-electron chi connectivity index (χ4n) is 2.42. The Kier molecular flexibility index (Phi) is 1.87. The zero-order valence-corrected chi connectivity index (χ0v) is 8.61. The maximum atomic E-state index is 4.41. The summed E-state index contributed by atoms with van der Waals surface area (Å²) in [7, 11) is 0. The molecule has 14 heavy (non-hydrogen) atoms. The number of nitrogens with zero attached hydrogens (tertiary/aromatic N) is 2. The van der Waals surface area contributed by atoms with E-state index in [1.807, 2.05) is 6.20 Å². The first kappa shape index (κ1) is 8.48. The van der Waals surface area contributed by atoms with Crippen molar-refractivity contribution < 1.29 is 0 Å². The molecule has 0 saturated heterocycles. The molecule has 2 atom stereocenters. The summed E-state index contributed by atoms with van der Waals surface area (Å²) in [6, 6.07) is 1.17. The van der Waals surface area contributed by atoms with Gasteiger partial charge in [-0.3, -0.25) is 0 Å². The van der Waals surface area contributed by atoms with Crippen LogP contribution in [0.5, 0.6) is 0 Å². The van der Waals surface area contributed by atoms with Gasteiger partial charge in [-0.25, -0.2) is 4.98 Å². The molecular weight excluding hydrogens is 174 g/mol. The second kappa shape index (κ2) is 3.09. The fraction of sp³-hybridized carbons (Fsp3) is 0.727. The van der Waals surface area contributed by atoms with Gasteiger partial charge < -0.3 is 9.88 Å². The lowest BCUT2D eigenvalue weighted by molar-refractivity contribution is 0.416. The van der Waals surface area contributed by atoms with Crippen molar-refractivity contribution >= 4 is 0 Å². The first-order valence-corrected chi connectivity index (χ1v) is 5.61. The lowest BCUT2D eigenvalue weighted by Gasteiger charge is -2.17. The monoisotopic (exact) mass is 191 g/mol. The highest BCUT2D eigenvalue weighted by molar-refractivity contribution is 5.05. The number of hydrogen-bond donors (Lipinski definition) is 1. The zero-order valence-electron chi connectivity index (χ0n) is 8.61. The third-order valence-corrected chi connectivity index (χ3v) is 3.51. The average molecular weight is 191 g/mol. The second-order valence-electron chi connectivity index (χ2n) is 4.61. The van der Waals surface area contributed by atoms with Gasteiger partial charge >= 0.3 is 0 Å². The summed E-state index contributed by atoms with van der Waals surface area (Å²) < 4.78 is 2.26. The molecule has 0 bridgehead atoms. The number of aromatic nitrogens is 2. The Morgan fingerprint density at radius 3 is 3.14 bits per heavy atom. The maximum Gasteiger partial charge on any atom is 0.125 e. The lowest BCUT2D eigenvalue weighted by atomic mass is 10.1. The van der Waals surface area contributed by atoms with E-state index in [2.05, 4.69) is 28.0 Å². The Bertz CT molecular complexity index is 327. The number of nitrogens with one attached hydrogen (secondary N) is 1. The summed E-state index contributed by atoms with van der Waals surface area (Å²) in [5.41, 5.74) is 0. The quantitative estimate of drug-likeness (QED) is 0.788. The third kappa shape index (κ3) is 1.36. The van der Waals surface area contributed by atoms with Gasteiger partial charge in [-0.1, -0.05) is 0 Å². The molecule has 0 radical (unpaired) electrons. The molecule has 1 aliphatic heterocycles. The van der Waals surface area contributed by atoms with Gasteiger partial charge in [0.25, 0.3) is 0 Å². The van der Waals surface area contributed by atoms with Gasteiger partial charge in [0.1, 0.15) is 5.82 Å². The van der Waals surface area contributed by atoms with Crippen LogP contribution >= 0.6 is 0 Å². The van der Waals surface area contributed by atoms with E-state index in [1.165, 1.54) is 25.1 Å². The number of hydrogen-bond acceptors (Lipinski definition) is 2. The lowest BCUT2D eigenvalue weighted by Crippen LogP contribution is -2.31. The highest BCUT2D eigenvalue weighted by atomic mass is 15.2. The molecule has 2 heterocycles. The Morgan fingerprint density at radius 2 is 2.36 bits per heavy atom. The van der Waals surface area contributed by atoms with E-state index in [9.17, 15) is 0 Å². The van der Waals surface area contributed by atoms with Crippen molar-refractivity contribution in [2.75, 3.05) is 0 Å². The highest BCUT2D eigenvalue weighted by Gasteiger charge is 2.32. The normalized spacial score (nSPS) is 27.6. The van der Waals surface area contributed by atoms with Crippen LogP contribution in [0, 0.1) is 5.92 Å². The Hall–Kier alpha value is -0.830.